The zero-order chi connectivity index (χ0) is 16.3. The van der Waals surface area contributed by atoms with Gasteiger partial charge in [-0.2, -0.15) is 0 Å². The molecule has 2 aromatic carbocycles. The molecule has 22 heavy (non-hydrogen) atoms. The summed E-state index contributed by atoms with van der Waals surface area (Å²) in [6.45, 7) is 0.339. The van der Waals surface area contributed by atoms with E-state index in [-0.39, 0.29) is 10.9 Å². The second kappa shape index (κ2) is 7.23. The first kappa shape index (κ1) is 16.9. The molecule has 0 fully saturated rings. The summed E-state index contributed by atoms with van der Waals surface area (Å²) in [5.74, 6) is 0.441. The van der Waals surface area contributed by atoms with Crippen LogP contribution < -0.4 is 4.74 Å². The number of rotatable bonds is 4. The van der Waals surface area contributed by atoms with E-state index in [1.165, 1.54) is 4.90 Å². The van der Waals surface area contributed by atoms with Crippen molar-refractivity contribution in [3.8, 4) is 5.75 Å². The third kappa shape index (κ3) is 3.67. The average Bonchev–Trinajstić information content (AvgIpc) is 2.49. The Hall–Kier alpha value is -1.42. The minimum atomic E-state index is -0.227. The maximum atomic E-state index is 12.5. The molecule has 0 heterocycles. The average molecular weight is 359 g/mol. The Morgan fingerprint density at radius 1 is 1.18 bits per heavy atom. The lowest BCUT2D eigenvalue weighted by atomic mass is 10.1. The molecule has 0 bridgehead atoms. The van der Waals surface area contributed by atoms with Crippen molar-refractivity contribution >= 4 is 40.7 Å². The summed E-state index contributed by atoms with van der Waals surface area (Å²) in [6, 6.07) is 10.2. The molecule has 2 aromatic rings. The van der Waals surface area contributed by atoms with Gasteiger partial charge in [-0.15, -0.1) is 0 Å². The van der Waals surface area contributed by atoms with E-state index in [0.717, 1.165) is 5.56 Å². The zero-order valence-corrected chi connectivity index (χ0v) is 14.3. The highest BCUT2D eigenvalue weighted by Gasteiger charge is 2.18. The number of hydrogen-bond acceptors (Lipinski definition) is 2. The number of carbonyl (C=O) groups excluding carboxylic acids is 1. The Morgan fingerprint density at radius 3 is 2.59 bits per heavy atom. The van der Waals surface area contributed by atoms with Gasteiger partial charge in [-0.25, -0.2) is 0 Å². The van der Waals surface area contributed by atoms with E-state index in [0.29, 0.717) is 27.9 Å². The number of halogens is 3. The monoisotopic (exact) mass is 357 g/mol. The number of ether oxygens (including phenoxy) is 1. The Labute approximate surface area is 144 Å². The van der Waals surface area contributed by atoms with E-state index in [1.807, 2.05) is 0 Å². The van der Waals surface area contributed by atoms with Crippen LogP contribution in [0.15, 0.2) is 36.4 Å². The van der Waals surface area contributed by atoms with Crippen molar-refractivity contribution < 1.29 is 9.53 Å². The van der Waals surface area contributed by atoms with E-state index >= 15 is 0 Å². The van der Waals surface area contributed by atoms with Gasteiger partial charge in [0.25, 0.3) is 5.91 Å². The van der Waals surface area contributed by atoms with E-state index in [1.54, 1.807) is 50.6 Å². The molecule has 0 aliphatic carbocycles. The molecule has 0 aliphatic rings. The summed E-state index contributed by atoms with van der Waals surface area (Å²) in [5, 5.41) is 1.18. The molecule has 3 nitrogen and oxygen atoms in total. The third-order valence-corrected chi connectivity index (χ3v) is 4.23. The molecule has 116 valence electrons. The van der Waals surface area contributed by atoms with Gasteiger partial charge in [0.1, 0.15) is 5.75 Å². The van der Waals surface area contributed by atoms with E-state index in [2.05, 4.69) is 0 Å². The van der Waals surface area contributed by atoms with Crippen LogP contribution in [0.3, 0.4) is 0 Å². The van der Waals surface area contributed by atoms with Crippen molar-refractivity contribution in [1.82, 2.24) is 4.90 Å². The predicted octanol–water partition coefficient (Wildman–Crippen LogP) is 4.93. The maximum absolute atomic E-state index is 12.5. The van der Waals surface area contributed by atoms with E-state index < -0.39 is 0 Å². The topological polar surface area (TPSA) is 29.5 Å². The second-order valence-corrected chi connectivity index (χ2v) is 5.94. The molecule has 0 radical (unpaired) electrons. The standard InChI is InChI=1S/C16H14Cl3NO2/c1-20(9-10-8-11(17)6-7-14(10)22-2)16(21)12-4-3-5-13(18)15(12)19/h3-8H,9H2,1-2H3. The zero-order valence-electron chi connectivity index (χ0n) is 12.1. The first-order chi connectivity index (χ1) is 10.4. The lowest BCUT2D eigenvalue weighted by molar-refractivity contribution is 0.0784. The summed E-state index contributed by atoms with van der Waals surface area (Å²) < 4.78 is 5.29. The van der Waals surface area contributed by atoms with E-state index in [4.69, 9.17) is 39.5 Å². The smallest absolute Gasteiger partial charge is 0.255 e. The summed E-state index contributed by atoms with van der Waals surface area (Å²) in [7, 11) is 3.25. The van der Waals surface area contributed by atoms with Crippen molar-refractivity contribution in [2.45, 2.75) is 6.54 Å². The van der Waals surface area contributed by atoms with Crippen LogP contribution in [0.2, 0.25) is 15.1 Å². The normalized spacial score (nSPS) is 10.4. The molecule has 0 N–H and O–H groups in total. The Bertz CT molecular complexity index is 704. The predicted molar refractivity (Wildman–Crippen MR) is 90.3 cm³/mol. The first-order valence-corrected chi connectivity index (χ1v) is 7.59. The number of methoxy groups -OCH3 is 1. The van der Waals surface area contributed by atoms with Gasteiger partial charge < -0.3 is 9.64 Å². The molecule has 0 spiro atoms. The largest absolute Gasteiger partial charge is 0.496 e. The van der Waals surface area contributed by atoms with Crippen LogP contribution in [-0.4, -0.2) is 25.0 Å². The van der Waals surface area contributed by atoms with Gasteiger partial charge in [0.2, 0.25) is 0 Å². The lowest BCUT2D eigenvalue weighted by Gasteiger charge is -2.20. The number of hydrogen-bond donors (Lipinski definition) is 0. The molecular weight excluding hydrogens is 345 g/mol. The SMILES string of the molecule is COc1ccc(Cl)cc1CN(C)C(=O)c1cccc(Cl)c1Cl. The Morgan fingerprint density at radius 2 is 1.91 bits per heavy atom. The molecule has 0 saturated carbocycles. The van der Waals surface area contributed by atoms with Gasteiger partial charge >= 0.3 is 0 Å². The molecule has 2 rings (SSSR count). The van der Waals surface area contributed by atoms with Crippen LogP contribution in [0.1, 0.15) is 15.9 Å². The Kier molecular flexibility index (Phi) is 5.57. The number of nitrogens with zero attached hydrogens (tertiary/aromatic N) is 1. The fraction of sp³-hybridized carbons (Fsp3) is 0.188. The Balaban J connectivity index is 2.25. The van der Waals surface area contributed by atoms with Crippen LogP contribution in [0.25, 0.3) is 0 Å². The maximum Gasteiger partial charge on any atom is 0.255 e. The van der Waals surface area contributed by atoms with Crippen LogP contribution in [-0.2, 0) is 6.54 Å². The molecule has 0 aliphatic heterocycles. The number of amides is 1. The summed E-state index contributed by atoms with van der Waals surface area (Å²) in [5.41, 5.74) is 1.17. The molecular formula is C16H14Cl3NO2. The molecule has 0 unspecified atom stereocenters. The quantitative estimate of drug-likeness (QED) is 0.775. The van der Waals surface area contributed by atoms with Crippen LogP contribution in [0.5, 0.6) is 5.75 Å². The minimum absolute atomic E-state index is 0.227. The fourth-order valence-electron chi connectivity index (χ4n) is 2.07. The van der Waals surface area contributed by atoms with Gasteiger partial charge in [0.05, 0.1) is 22.7 Å². The van der Waals surface area contributed by atoms with Gasteiger partial charge in [-0.05, 0) is 30.3 Å². The van der Waals surface area contributed by atoms with Crippen LogP contribution >= 0.6 is 34.8 Å². The summed E-state index contributed by atoms with van der Waals surface area (Å²) in [4.78, 5) is 14.0. The van der Waals surface area contributed by atoms with Gasteiger partial charge in [-0.3, -0.25) is 4.79 Å². The first-order valence-electron chi connectivity index (χ1n) is 6.46. The highest BCUT2D eigenvalue weighted by atomic mass is 35.5. The highest BCUT2D eigenvalue weighted by molar-refractivity contribution is 6.43. The molecule has 0 saturated heterocycles. The third-order valence-electron chi connectivity index (χ3n) is 3.18. The fourth-order valence-corrected chi connectivity index (χ4v) is 2.65. The van der Waals surface area contributed by atoms with Crippen LogP contribution in [0.4, 0.5) is 0 Å². The summed E-state index contributed by atoms with van der Waals surface area (Å²) >= 11 is 18.0. The summed E-state index contributed by atoms with van der Waals surface area (Å²) in [6.07, 6.45) is 0. The molecule has 0 aromatic heterocycles. The van der Waals surface area contributed by atoms with Gasteiger partial charge in [-0.1, -0.05) is 40.9 Å². The van der Waals surface area contributed by atoms with Crippen molar-refractivity contribution in [3.63, 3.8) is 0 Å². The molecule has 0 atom stereocenters. The van der Waals surface area contributed by atoms with Crippen molar-refractivity contribution in [3.05, 3.63) is 62.6 Å². The van der Waals surface area contributed by atoms with Crippen molar-refractivity contribution in [1.29, 1.82) is 0 Å². The van der Waals surface area contributed by atoms with Crippen molar-refractivity contribution in [2.24, 2.45) is 0 Å². The van der Waals surface area contributed by atoms with Gasteiger partial charge in [0.15, 0.2) is 0 Å². The lowest BCUT2D eigenvalue weighted by Crippen LogP contribution is -2.26. The van der Waals surface area contributed by atoms with Crippen LogP contribution in [0, 0.1) is 0 Å². The van der Waals surface area contributed by atoms with Gasteiger partial charge in [0, 0.05) is 24.2 Å². The molecule has 6 heteroatoms. The van der Waals surface area contributed by atoms with E-state index in [9.17, 15) is 4.79 Å². The number of benzene rings is 2. The van der Waals surface area contributed by atoms with Crippen molar-refractivity contribution in [2.75, 3.05) is 14.2 Å². The minimum Gasteiger partial charge on any atom is -0.496 e. The number of carbonyl (C=O) groups is 1. The second-order valence-electron chi connectivity index (χ2n) is 4.72. The highest BCUT2D eigenvalue weighted by Crippen LogP contribution is 2.28. The molecule has 1 amide bonds.